The Hall–Kier alpha value is -3.92. The molecular weight excluding hydrogens is 480 g/mol. The summed E-state index contributed by atoms with van der Waals surface area (Å²) in [5.41, 5.74) is 6.22. The molecule has 1 fully saturated rings. The topological polar surface area (TPSA) is 108 Å². The minimum atomic E-state index is -0.0476. The van der Waals surface area contributed by atoms with Gasteiger partial charge in [-0.2, -0.15) is 10.1 Å². The number of ether oxygens (including phenoxy) is 2. The molecular formula is C28H32N8O2. The van der Waals surface area contributed by atoms with Gasteiger partial charge in [-0.15, -0.1) is 0 Å². The number of aromatic nitrogens is 7. The molecule has 38 heavy (non-hydrogen) atoms. The summed E-state index contributed by atoms with van der Waals surface area (Å²) in [6, 6.07) is 6.40. The maximum Gasteiger partial charge on any atom is 0.210 e. The first-order valence-corrected chi connectivity index (χ1v) is 13.3. The molecule has 10 nitrogen and oxygen atoms in total. The molecule has 0 saturated carbocycles. The van der Waals surface area contributed by atoms with Crippen LogP contribution >= 0.6 is 0 Å². The molecule has 0 radical (unpaired) electrons. The first-order chi connectivity index (χ1) is 18.3. The van der Waals surface area contributed by atoms with E-state index in [-0.39, 0.29) is 11.5 Å². The highest BCUT2D eigenvalue weighted by atomic mass is 16.5. The van der Waals surface area contributed by atoms with E-state index in [1.807, 2.05) is 17.7 Å². The Labute approximate surface area is 220 Å². The average molecular weight is 513 g/mol. The van der Waals surface area contributed by atoms with Crippen molar-refractivity contribution in [3.8, 4) is 11.5 Å². The number of H-pyrrole nitrogens is 1. The lowest BCUT2D eigenvalue weighted by molar-refractivity contribution is 0.183. The fourth-order valence-electron chi connectivity index (χ4n) is 5.63. The zero-order valence-corrected chi connectivity index (χ0v) is 22.2. The van der Waals surface area contributed by atoms with Gasteiger partial charge in [-0.1, -0.05) is 20.8 Å². The predicted octanol–water partition coefficient (Wildman–Crippen LogP) is 5.32. The van der Waals surface area contributed by atoms with Gasteiger partial charge in [0.2, 0.25) is 5.95 Å². The van der Waals surface area contributed by atoms with Crippen molar-refractivity contribution in [1.29, 1.82) is 0 Å². The Bertz CT molecular complexity index is 1670. The number of imidazole rings is 1. The lowest BCUT2D eigenvalue weighted by atomic mass is 9.91. The van der Waals surface area contributed by atoms with Crippen LogP contribution in [0.15, 0.2) is 30.6 Å². The Morgan fingerprint density at radius 2 is 1.95 bits per heavy atom. The lowest BCUT2D eigenvalue weighted by Gasteiger charge is -2.22. The molecule has 1 unspecified atom stereocenters. The normalized spacial score (nSPS) is 17.5. The maximum absolute atomic E-state index is 6.19. The minimum Gasteiger partial charge on any atom is -0.454 e. The molecule has 0 spiro atoms. The van der Waals surface area contributed by atoms with Gasteiger partial charge >= 0.3 is 0 Å². The molecule has 5 aromatic rings. The highest BCUT2D eigenvalue weighted by Crippen LogP contribution is 2.34. The number of aromatic amines is 1. The van der Waals surface area contributed by atoms with Crippen molar-refractivity contribution in [3.05, 3.63) is 47.5 Å². The smallest absolute Gasteiger partial charge is 0.210 e. The Kier molecular flexibility index (Phi) is 5.23. The molecule has 0 aromatic carbocycles. The van der Waals surface area contributed by atoms with Crippen LogP contribution in [-0.2, 0) is 30.0 Å². The maximum atomic E-state index is 6.19. The summed E-state index contributed by atoms with van der Waals surface area (Å²) in [5, 5.41) is 9.46. The second-order valence-corrected chi connectivity index (χ2v) is 11.4. The van der Waals surface area contributed by atoms with Crippen molar-refractivity contribution in [3.63, 3.8) is 0 Å². The molecule has 1 atom stereocenters. The molecule has 1 aliphatic heterocycles. The lowest BCUT2D eigenvalue weighted by Crippen LogP contribution is -2.22. The quantitative estimate of drug-likeness (QED) is 0.328. The van der Waals surface area contributed by atoms with Gasteiger partial charge < -0.3 is 24.3 Å². The molecule has 2 aliphatic rings. The van der Waals surface area contributed by atoms with Crippen LogP contribution in [0.2, 0.25) is 0 Å². The molecule has 2 N–H and O–H groups in total. The Morgan fingerprint density at radius 1 is 1.11 bits per heavy atom. The molecule has 0 bridgehead atoms. The van der Waals surface area contributed by atoms with E-state index in [0.717, 1.165) is 48.2 Å². The molecule has 6 heterocycles. The number of pyridine rings is 2. The van der Waals surface area contributed by atoms with Crippen molar-refractivity contribution in [2.45, 2.75) is 57.9 Å². The van der Waals surface area contributed by atoms with E-state index in [1.165, 1.54) is 23.4 Å². The zero-order chi connectivity index (χ0) is 26.0. The summed E-state index contributed by atoms with van der Waals surface area (Å²) in [4.78, 5) is 17.3. The number of aryl methyl sites for hydroxylation is 3. The van der Waals surface area contributed by atoms with Crippen molar-refractivity contribution in [1.82, 2.24) is 34.3 Å². The number of nitrogens with zero attached hydrogens (tertiary/aromatic N) is 6. The number of hydrogen-bond acceptors (Lipinski definition) is 7. The van der Waals surface area contributed by atoms with Gasteiger partial charge in [-0.05, 0) is 37.3 Å². The van der Waals surface area contributed by atoms with E-state index in [2.05, 4.69) is 57.9 Å². The summed E-state index contributed by atoms with van der Waals surface area (Å²) in [7, 11) is 1.96. The minimum absolute atomic E-state index is 0.0476. The van der Waals surface area contributed by atoms with Gasteiger partial charge in [0.15, 0.2) is 11.5 Å². The third-order valence-electron chi connectivity index (χ3n) is 7.62. The van der Waals surface area contributed by atoms with E-state index < -0.39 is 0 Å². The molecule has 7 rings (SSSR count). The van der Waals surface area contributed by atoms with Crippen molar-refractivity contribution in [2.24, 2.45) is 7.05 Å². The standard InChI is InChI=1S/C28H32N8O2/c1-28(2,3)23-12-24(34-36(23)16-8-9-37-15-16)32-27-33-26-22(35(27)4)11-18(14-30-26)38-17-10-20-19-6-5-7-21(19)31-25(20)29-13-17/h10-14,16H,5-9,15H2,1-4H3,(H,29,31)(H,30,32,33,34). The summed E-state index contributed by atoms with van der Waals surface area (Å²) in [6.07, 6.45) is 7.80. The Balaban J connectivity index is 1.17. The van der Waals surface area contributed by atoms with Crippen LogP contribution in [-0.4, -0.2) is 47.5 Å². The van der Waals surface area contributed by atoms with Gasteiger partial charge in [0.1, 0.15) is 17.1 Å². The predicted molar refractivity (Wildman–Crippen MR) is 145 cm³/mol. The molecule has 5 aromatic heterocycles. The molecule has 1 saturated heterocycles. The number of nitrogens with one attached hydrogen (secondary N) is 2. The molecule has 0 amide bonds. The first kappa shape index (κ1) is 23.2. The third-order valence-corrected chi connectivity index (χ3v) is 7.62. The highest BCUT2D eigenvalue weighted by molar-refractivity contribution is 5.83. The first-order valence-electron chi connectivity index (χ1n) is 13.3. The van der Waals surface area contributed by atoms with Crippen molar-refractivity contribution < 1.29 is 9.47 Å². The second kappa shape index (κ2) is 8.56. The van der Waals surface area contributed by atoms with E-state index in [1.54, 1.807) is 12.4 Å². The summed E-state index contributed by atoms with van der Waals surface area (Å²) in [5.74, 6) is 2.77. The van der Waals surface area contributed by atoms with E-state index >= 15 is 0 Å². The van der Waals surface area contributed by atoms with Gasteiger partial charge in [0, 0.05) is 48.0 Å². The average Bonchev–Trinajstić information content (AvgIpc) is 3.69. The van der Waals surface area contributed by atoms with Crippen LogP contribution in [0.1, 0.15) is 56.6 Å². The second-order valence-electron chi connectivity index (χ2n) is 11.4. The monoisotopic (exact) mass is 512 g/mol. The van der Waals surface area contributed by atoms with E-state index in [9.17, 15) is 0 Å². The fraction of sp³-hybridized carbons (Fsp3) is 0.429. The van der Waals surface area contributed by atoms with Gasteiger partial charge in [0.05, 0.1) is 30.6 Å². The largest absolute Gasteiger partial charge is 0.454 e. The molecule has 1 aliphatic carbocycles. The zero-order valence-electron chi connectivity index (χ0n) is 22.2. The summed E-state index contributed by atoms with van der Waals surface area (Å²) in [6.45, 7) is 8.08. The van der Waals surface area contributed by atoms with Crippen LogP contribution < -0.4 is 10.1 Å². The highest BCUT2D eigenvalue weighted by Gasteiger charge is 2.28. The van der Waals surface area contributed by atoms with Crippen LogP contribution in [0.25, 0.3) is 22.2 Å². The van der Waals surface area contributed by atoms with Crippen LogP contribution in [0.4, 0.5) is 11.8 Å². The SMILES string of the molecule is Cn1c(Nc2cc(C(C)(C)C)n(C3CCOC3)n2)nc2ncc(Oc3cnc4[nH]c5c(c4c3)CCC5)cc21. The third kappa shape index (κ3) is 3.91. The number of anilines is 2. The van der Waals surface area contributed by atoms with Crippen molar-refractivity contribution >= 4 is 34.0 Å². The fourth-order valence-corrected chi connectivity index (χ4v) is 5.63. The molecule has 196 valence electrons. The van der Waals surface area contributed by atoms with Crippen LogP contribution in [0, 0.1) is 0 Å². The Morgan fingerprint density at radius 3 is 2.76 bits per heavy atom. The number of fused-ring (bicyclic) bond motifs is 4. The van der Waals surface area contributed by atoms with Gasteiger partial charge in [-0.3, -0.25) is 4.68 Å². The van der Waals surface area contributed by atoms with E-state index in [4.69, 9.17) is 19.6 Å². The molecule has 10 heteroatoms. The van der Waals surface area contributed by atoms with Crippen molar-refractivity contribution in [2.75, 3.05) is 18.5 Å². The van der Waals surface area contributed by atoms with E-state index in [0.29, 0.717) is 29.7 Å². The van der Waals surface area contributed by atoms with Gasteiger partial charge in [-0.25, -0.2) is 9.97 Å². The number of rotatable bonds is 5. The van der Waals surface area contributed by atoms with Gasteiger partial charge in [0.25, 0.3) is 0 Å². The summed E-state index contributed by atoms with van der Waals surface area (Å²) < 4.78 is 15.9. The van der Waals surface area contributed by atoms with Crippen LogP contribution in [0.3, 0.4) is 0 Å². The van der Waals surface area contributed by atoms with Crippen LogP contribution in [0.5, 0.6) is 11.5 Å². The number of hydrogen-bond donors (Lipinski definition) is 2. The summed E-state index contributed by atoms with van der Waals surface area (Å²) >= 11 is 0.